The largest absolute Gasteiger partial charge is 0.133 e. The van der Waals surface area contributed by atoms with Gasteiger partial charge in [-0.05, 0) is 86.2 Å². The van der Waals surface area contributed by atoms with Gasteiger partial charge in [0.1, 0.15) is 0 Å². The summed E-state index contributed by atoms with van der Waals surface area (Å²) >= 11 is 4.05. The van der Waals surface area contributed by atoms with Crippen molar-refractivity contribution in [3.05, 3.63) is 130 Å². The molecule has 2 aliphatic carbocycles. The van der Waals surface area contributed by atoms with Gasteiger partial charge in [-0.1, -0.05) is 109 Å². The second-order valence-corrected chi connectivity index (χ2v) is 14.7. The van der Waals surface area contributed by atoms with E-state index >= 15 is 0 Å². The Bertz CT molecular complexity index is 3350. The fourth-order valence-electron chi connectivity index (χ4n) is 9.21. The monoisotopic (exact) mass is 586 g/mol. The van der Waals surface area contributed by atoms with E-state index in [9.17, 15) is 0 Å². The van der Waals surface area contributed by atoms with E-state index in [-0.39, 0.29) is 0 Å². The van der Waals surface area contributed by atoms with Crippen LogP contribution in [0, 0.1) is 20.9 Å². The summed E-state index contributed by atoms with van der Waals surface area (Å²) < 4.78 is 5.84. The van der Waals surface area contributed by atoms with E-state index in [1.54, 1.807) is 0 Å². The zero-order chi connectivity index (χ0) is 28.0. The molecule has 44 heavy (non-hydrogen) atoms. The molecule has 11 aromatic rings. The fraction of sp³-hybridized carbons (Fsp3) is 0. The molecule has 0 spiro atoms. The molecule has 198 valence electrons. The maximum atomic E-state index is 2.43. The number of hydrogen-bond acceptors (Lipinski definition) is 2. The molecule has 13 rings (SSSR count). The summed E-state index contributed by atoms with van der Waals surface area (Å²) in [5.41, 5.74) is 5.53. The van der Waals surface area contributed by atoms with E-state index in [1.165, 1.54) is 127 Å². The number of fused-ring (bicyclic) bond motifs is 15. The van der Waals surface area contributed by atoms with Crippen molar-refractivity contribution in [1.82, 2.24) is 0 Å². The highest BCUT2D eigenvalue weighted by molar-refractivity contribution is 7.38. The Hall–Kier alpha value is -5.02. The summed E-state index contributed by atoms with van der Waals surface area (Å²) in [5, 5.41) is 22.6. The maximum Gasteiger partial charge on any atom is 0.0549 e. The smallest absolute Gasteiger partial charge is 0.0549 e. The topological polar surface area (TPSA) is 0 Å². The van der Waals surface area contributed by atoms with E-state index in [1.807, 2.05) is 22.7 Å². The van der Waals surface area contributed by atoms with Crippen LogP contribution < -0.4 is 0 Å². The van der Waals surface area contributed by atoms with Crippen molar-refractivity contribution >= 4 is 106 Å². The Kier molecular flexibility index (Phi) is 3.38. The minimum Gasteiger partial charge on any atom is -0.133 e. The minimum atomic E-state index is 1.31. The highest BCUT2D eigenvalue weighted by Crippen LogP contribution is 2.58. The lowest BCUT2D eigenvalue weighted by Gasteiger charge is -2.03. The third-order valence-electron chi connectivity index (χ3n) is 10.9. The normalized spacial score (nSPS) is 13.5. The molecule has 0 bridgehead atoms. The first-order valence-corrected chi connectivity index (χ1v) is 16.9. The van der Waals surface area contributed by atoms with Crippen molar-refractivity contribution in [2.45, 2.75) is 0 Å². The lowest BCUT2D eigenvalue weighted by Crippen LogP contribution is -1.78. The average Bonchev–Trinajstić information content (AvgIpc) is 3.88. The minimum absolute atomic E-state index is 1.31. The second-order valence-electron chi connectivity index (χ2n) is 12.7. The van der Waals surface area contributed by atoms with Crippen LogP contribution in [0.1, 0.15) is 0 Å². The van der Waals surface area contributed by atoms with Crippen molar-refractivity contribution in [2.24, 2.45) is 0 Å². The third kappa shape index (κ3) is 2.13. The zero-order valence-corrected chi connectivity index (χ0v) is 24.8. The molecular weight excluding hydrogens is 569 g/mol. The van der Waals surface area contributed by atoms with Crippen molar-refractivity contribution in [3.63, 3.8) is 0 Å². The molecule has 0 saturated carbocycles. The van der Waals surface area contributed by atoms with Crippen LogP contribution in [0.15, 0.2) is 109 Å². The third-order valence-corrected chi connectivity index (χ3v) is 13.5. The number of thiophene rings is 2. The molecule has 2 heterocycles. The molecule has 2 heteroatoms. The Morgan fingerprint density at radius 1 is 0.295 bits per heavy atom. The van der Waals surface area contributed by atoms with Crippen molar-refractivity contribution < 1.29 is 0 Å². The number of benzene rings is 7. The Labute approximate surface area is 257 Å². The predicted octanol–water partition coefficient (Wildman–Crippen LogP) is 12.4. The second kappa shape index (κ2) is 6.87. The predicted molar refractivity (Wildman–Crippen MR) is 191 cm³/mol. The van der Waals surface area contributed by atoms with Gasteiger partial charge in [-0.2, -0.15) is 0 Å². The van der Waals surface area contributed by atoms with Crippen molar-refractivity contribution in [2.75, 3.05) is 0 Å². The lowest BCUT2D eigenvalue weighted by atomic mass is 10.00. The van der Waals surface area contributed by atoms with E-state index in [0.717, 1.165) is 0 Å². The van der Waals surface area contributed by atoms with Crippen LogP contribution in [0.3, 0.4) is 0 Å². The van der Waals surface area contributed by atoms with Crippen LogP contribution in [-0.4, -0.2) is 0 Å². The van der Waals surface area contributed by atoms with Crippen LogP contribution in [0.2, 0.25) is 0 Å². The van der Waals surface area contributed by atoms with E-state index in [4.69, 9.17) is 0 Å². The van der Waals surface area contributed by atoms with Crippen LogP contribution in [0.4, 0.5) is 0 Å². The molecule has 0 fully saturated rings. The molecule has 0 amide bonds. The molecule has 9 aromatic carbocycles. The first-order chi connectivity index (χ1) is 21.8. The van der Waals surface area contributed by atoms with Gasteiger partial charge in [-0.25, -0.2) is 0 Å². The van der Waals surface area contributed by atoms with Gasteiger partial charge in [-0.3, -0.25) is 0 Å². The lowest BCUT2D eigenvalue weighted by molar-refractivity contribution is 1.54. The van der Waals surface area contributed by atoms with Gasteiger partial charge in [-0.15, -0.1) is 22.7 Å². The van der Waals surface area contributed by atoms with Gasteiger partial charge in [0.05, 0.1) is 9.40 Å². The van der Waals surface area contributed by atoms with Crippen molar-refractivity contribution in [1.29, 1.82) is 0 Å². The molecule has 0 unspecified atom stereocenters. The summed E-state index contributed by atoms with van der Waals surface area (Å²) in [5.74, 6) is 0. The van der Waals surface area contributed by atoms with Gasteiger partial charge in [0, 0.05) is 30.9 Å². The van der Waals surface area contributed by atoms with Gasteiger partial charge in [0.2, 0.25) is 0 Å². The average molecular weight is 587 g/mol. The summed E-state index contributed by atoms with van der Waals surface area (Å²) in [6.45, 7) is 0. The van der Waals surface area contributed by atoms with Crippen LogP contribution in [-0.2, 0) is 0 Å². The summed E-state index contributed by atoms with van der Waals surface area (Å²) in [6.07, 6.45) is 0. The molecule has 0 radical (unpaired) electrons. The van der Waals surface area contributed by atoms with E-state index in [0.29, 0.717) is 0 Å². The Morgan fingerprint density at radius 2 is 0.864 bits per heavy atom. The number of hydrogen-bond donors (Lipinski definition) is 0. The Balaban J connectivity index is 1.20. The molecule has 2 aromatic heterocycles. The standard InChI is InChI=1S/C42H18S2/c1-2-6-20-19(5-1)9-10-25-26-13-18-31-36-29(16-15-27(32(20)25)34(26)36)38-40(31)44-41-37-28-14-11-23-21-7-3-4-8-22(21)24-12-17-30(35(28)33(23)24)39(37)43-42(38)41/h1-18H. The van der Waals surface area contributed by atoms with E-state index in [2.05, 4.69) is 109 Å². The van der Waals surface area contributed by atoms with Crippen LogP contribution in [0.25, 0.3) is 106 Å². The molecule has 0 N–H and O–H groups in total. The van der Waals surface area contributed by atoms with Gasteiger partial charge in [0.25, 0.3) is 0 Å². The maximum absolute atomic E-state index is 2.43. The quantitative estimate of drug-likeness (QED) is 0.166. The fourth-order valence-corrected chi connectivity index (χ4v) is 12.2. The molecular formula is C42H18S2. The SMILES string of the molecule is c1ccc2c(c1)-c1ccc3c4sc5c(sc6c7ccc8c9c(ccc(c97)c65)=c5c=8ccc6ccccc56)c4c4ccc-2c1c34. The number of rotatable bonds is 0. The Morgan fingerprint density at radius 3 is 1.61 bits per heavy atom. The van der Waals surface area contributed by atoms with Gasteiger partial charge in [0.15, 0.2) is 0 Å². The van der Waals surface area contributed by atoms with Crippen LogP contribution in [0.5, 0.6) is 0 Å². The zero-order valence-electron chi connectivity index (χ0n) is 23.2. The van der Waals surface area contributed by atoms with E-state index < -0.39 is 0 Å². The van der Waals surface area contributed by atoms with Crippen LogP contribution >= 0.6 is 22.7 Å². The molecule has 0 saturated heterocycles. The van der Waals surface area contributed by atoms with Gasteiger partial charge >= 0.3 is 0 Å². The molecule has 2 aliphatic rings. The highest BCUT2D eigenvalue weighted by atomic mass is 32.1. The highest BCUT2D eigenvalue weighted by Gasteiger charge is 2.28. The summed E-state index contributed by atoms with van der Waals surface area (Å²) in [6, 6.07) is 41.6. The van der Waals surface area contributed by atoms with Gasteiger partial charge < -0.3 is 0 Å². The summed E-state index contributed by atoms with van der Waals surface area (Å²) in [4.78, 5) is 0. The first kappa shape index (κ1) is 21.6. The first-order valence-electron chi connectivity index (χ1n) is 15.3. The van der Waals surface area contributed by atoms with Crippen molar-refractivity contribution in [3.8, 4) is 22.3 Å². The molecule has 0 nitrogen and oxygen atoms in total. The molecule has 0 aliphatic heterocycles. The molecule has 0 atom stereocenters. The summed E-state index contributed by atoms with van der Waals surface area (Å²) in [7, 11) is 0.